The van der Waals surface area contributed by atoms with E-state index in [1.807, 2.05) is 0 Å². The zero-order valence-corrected chi connectivity index (χ0v) is 13.0. The van der Waals surface area contributed by atoms with Crippen molar-refractivity contribution in [2.75, 3.05) is 17.6 Å². The summed E-state index contributed by atoms with van der Waals surface area (Å²) in [6, 6.07) is 3.90. The molecule has 0 saturated heterocycles. The largest absolute Gasteiger partial charge is 0.324 e. The summed E-state index contributed by atoms with van der Waals surface area (Å²) >= 11 is 5.35. The summed E-state index contributed by atoms with van der Waals surface area (Å²) in [5.74, 6) is 1.06. The third kappa shape index (κ3) is 2.73. The van der Waals surface area contributed by atoms with Crippen LogP contribution in [0.25, 0.3) is 0 Å². The highest BCUT2D eigenvalue weighted by Crippen LogP contribution is 2.38. The van der Waals surface area contributed by atoms with E-state index in [2.05, 4.69) is 52.5 Å². The fourth-order valence-electron chi connectivity index (χ4n) is 2.02. The lowest BCUT2D eigenvalue weighted by atomic mass is 10.1. The molecule has 3 nitrogen and oxygen atoms in total. The second-order valence-electron chi connectivity index (χ2n) is 4.18. The van der Waals surface area contributed by atoms with Crippen LogP contribution in [0.3, 0.4) is 0 Å². The Morgan fingerprint density at radius 1 is 1.44 bits per heavy atom. The Morgan fingerprint density at radius 2 is 2.22 bits per heavy atom. The molecule has 0 bridgehead atoms. The molecule has 1 atom stereocenters. The predicted octanol–water partition coefficient (Wildman–Crippen LogP) is 3.55. The summed E-state index contributed by atoms with van der Waals surface area (Å²) < 4.78 is 1.06. The van der Waals surface area contributed by atoms with Crippen molar-refractivity contribution >= 4 is 39.3 Å². The number of nitrogens with one attached hydrogen (secondary N) is 2. The average molecular weight is 329 g/mol. The highest BCUT2D eigenvalue weighted by atomic mass is 79.9. The number of carbonyl (C=O) groups is 1. The molecule has 2 N–H and O–H groups in total. The van der Waals surface area contributed by atoms with Gasteiger partial charge in [0.25, 0.3) is 0 Å². The number of fused-ring (bicyclic) bond motifs is 1. The maximum Gasteiger partial charge on any atom is 0.246 e. The zero-order valence-electron chi connectivity index (χ0n) is 10.5. The predicted molar refractivity (Wildman–Crippen MR) is 80.2 cm³/mol. The summed E-state index contributed by atoms with van der Waals surface area (Å²) in [5, 5.41) is 6.22. The number of amides is 1. The summed E-state index contributed by atoms with van der Waals surface area (Å²) in [6.45, 7) is 5.06. The molecule has 18 heavy (non-hydrogen) atoms. The molecular formula is C13H17BrN2OS. The lowest BCUT2D eigenvalue weighted by Crippen LogP contribution is -2.27. The van der Waals surface area contributed by atoms with Gasteiger partial charge in [-0.3, -0.25) is 4.79 Å². The molecule has 1 aliphatic heterocycles. The van der Waals surface area contributed by atoms with Crippen LogP contribution in [0, 0.1) is 0 Å². The minimum absolute atomic E-state index is 0.0454. The highest BCUT2D eigenvalue weighted by molar-refractivity contribution is 9.10. The van der Waals surface area contributed by atoms with Crippen molar-refractivity contribution in [3.8, 4) is 0 Å². The second kappa shape index (κ2) is 6.08. The van der Waals surface area contributed by atoms with Crippen LogP contribution in [0.4, 0.5) is 5.69 Å². The number of anilines is 1. The van der Waals surface area contributed by atoms with E-state index in [1.165, 1.54) is 4.90 Å². The normalized spacial score (nSPS) is 17.7. The van der Waals surface area contributed by atoms with Crippen molar-refractivity contribution in [1.29, 1.82) is 0 Å². The van der Waals surface area contributed by atoms with Crippen LogP contribution >= 0.6 is 27.7 Å². The molecule has 0 aromatic heterocycles. The molecule has 1 amide bonds. The number of carbonyl (C=O) groups excluding carboxylic acids is 1. The summed E-state index contributed by atoms with van der Waals surface area (Å²) in [4.78, 5) is 13.1. The Morgan fingerprint density at radius 3 is 2.89 bits per heavy atom. The maximum atomic E-state index is 11.9. The van der Waals surface area contributed by atoms with Gasteiger partial charge in [0.05, 0.1) is 0 Å². The number of hydrogen-bond acceptors (Lipinski definition) is 3. The van der Waals surface area contributed by atoms with E-state index in [-0.39, 0.29) is 11.9 Å². The maximum absolute atomic E-state index is 11.9. The number of thioether (sulfide) groups is 1. The first-order valence-electron chi connectivity index (χ1n) is 6.17. The molecule has 1 aliphatic rings. The van der Waals surface area contributed by atoms with Crippen molar-refractivity contribution < 1.29 is 4.79 Å². The number of rotatable bonds is 5. The molecule has 1 aromatic carbocycles. The van der Waals surface area contributed by atoms with Crippen molar-refractivity contribution in [2.24, 2.45) is 0 Å². The van der Waals surface area contributed by atoms with E-state index in [4.69, 9.17) is 0 Å². The van der Waals surface area contributed by atoms with E-state index in [0.29, 0.717) is 0 Å². The molecule has 2 rings (SSSR count). The number of halogens is 1. The zero-order chi connectivity index (χ0) is 13.1. The smallest absolute Gasteiger partial charge is 0.246 e. The molecule has 1 aromatic rings. The first-order chi connectivity index (χ1) is 8.67. The van der Waals surface area contributed by atoms with Crippen LogP contribution in [-0.2, 0) is 4.79 Å². The van der Waals surface area contributed by atoms with E-state index in [1.54, 1.807) is 11.8 Å². The first kappa shape index (κ1) is 13.9. The van der Waals surface area contributed by atoms with Gasteiger partial charge in [-0.15, -0.1) is 11.8 Å². The van der Waals surface area contributed by atoms with Gasteiger partial charge in [0.15, 0.2) is 0 Å². The van der Waals surface area contributed by atoms with Crippen LogP contribution in [0.2, 0.25) is 0 Å². The Balaban J connectivity index is 2.29. The lowest BCUT2D eigenvalue weighted by Gasteiger charge is -2.11. The molecule has 0 aliphatic carbocycles. The molecule has 0 spiro atoms. The monoisotopic (exact) mass is 328 g/mol. The number of benzene rings is 1. The molecule has 0 fully saturated rings. The summed E-state index contributed by atoms with van der Waals surface area (Å²) in [6.07, 6.45) is 1.02. The Labute approximate surface area is 120 Å². The lowest BCUT2D eigenvalue weighted by molar-refractivity contribution is -0.117. The van der Waals surface area contributed by atoms with Crippen LogP contribution in [-0.4, -0.2) is 18.2 Å². The first-order valence-corrected chi connectivity index (χ1v) is 7.95. The molecule has 5 heteroatoms. The Kier molecular flexibility index (Phi) is 4.70. The van der Waals surface area contributed by atoms with Gasteiger partial charge in [0, 0.05) is 20.6 Å². The van der Waals surface area contributed by atoms with E-state index >= 15 is 0 Å². The third-order valence-electron chi connectivity index (χ3n) is 2.83. The van der Waals surface area contributed by atoms with Crippen LogP contribution in [0.1, 0.15) is 31.9 Å². The third-order valence-corrected chi connectivity index (χ3v) is 4.69. The fourth-order valence-corrected chi connectivity index (χ4v) is 3.43. The summed E-state index contributed by atoms with van der Waals surface area (Å²) in [7, 11) is 0. The van der Waals surface area contributed by atoms with Crippen molar-refractivity contribution in [2.45, 2.75) is 31.2 Å². The second-order valence-corrected chi connectivity index (χ2v) is 6.34. The van der Waals surface area contributed by atoms with Crippen LogP contribution < -0.4 is 10.6 Å². The van der Waals surface area contributed by atoms with Crippen molar-refractivity contribution in [3.05, 3.63) is 22.2 Å². The summed E-state index contributed by atoms with van der Waals surface area (Å²) in [5.41, 5.74) is 1.98. The minimum Gasteiger partial charge on any atom is -0.324 e. The molecule has 98 valence electrons. The van der Waals surface area contributed by atoms with Gasteiger partial charge in [-0.1, -0.05) is 13.8 Å². The van der Waals surface area contributed by atoms with Crippen molar-refractivity contribution in [1.82, 2.24) is 5.32 Å². The average Bonchev–Trinajstić information content (AvgIpc) is 2.63. The molecule has 0 saturated carbocycles. The topological polar surface area (TPSA) is 41.1 Å². The van der Waals surface area contributed by atoms with Gasteiger partial charge in [0.1, 0.15) is 6.04 Å². The standard InChI is InChI=1S/C13H17BrN2OS/c1-3-5-15-12-8-6-9(14)11(18-4-2)7-10(8)16-13(12)17/h6-7,12,15H,3-5H2,1-2H3,(H,16,17). The van der Waals surface area contributed by atoms with Gasteiger partial charge in [-0.05, 0) is 46.8 Å². The molecule has 0 radical (unpaired) electrons. The van der Waals surface area contributed by atoms with Crippen LogP contribution in [0.15, 0.2) is 21.5 Å². The Bertz CT molecular complexity index is 465. The van der Waals surface area contributed by atoms with E-state index in [9.17, 15) is 4.79 Å². The number of hydrogen-bond donors (Lipinski definition) is 2. The van der Waals surface area contributed by atoms with Gasteiger partial charge >= 0.3 is 0 Å². The fraction of sp³-hybridized carbons (Fsp3) is 0.462. The molecule has 1 heterocycles. The van der Waals surface area contributed by atoms with E-state index in [0.717, 1.165) is 34.4 Å². The van der Waals surface area contributed by atoms with Crippen LogP contribution in [0.5, 0.6) is 0 Å². The highest BCUT2D eigenvalue weighted by Gasteiger charge is 2.30. The van der Waals surface area contributed by atoms with Gasteiger partial charge in [-0.2, -0.15) is 0 Å². The van der Waals surface area contributed by atoms with Gasteiger partial charge in [0.2, 0.25) is 5.91 Å². The Hall–Kier alpha value is -0.520. The van der Waals surface area contributed by atoms with Gasteiger partial charge < -0.3 is 10.6 Å². The quantitative estimate of drug-likeness (QED) is 0.812. The van der Waals surface area contributed by atoms with Gasteiger partial charge in [-0.25, -0.2) is 0 Å². The van der Waals surface area contributed by atoms with Crippen molar-refractivity contribution in [3.63, 3.8) is 0 Å². The SMILES string of the molecule is CCCNC1C(=O)Nc2cc(SCC)c(Br)cc21. The molecule has 1 unspecified atom stereocenters. The molecular weight excluding hydrogens is 312 g/mol. The van der Waals surface area contributed by atoms with E-state index < -0.39 is 0 Å². The minimum atomic E-state index is -0.211.